The maximum Gasteiger partial charge on any atom is 2.00 e. The van der Waals surface area contributed by atoms with Gasteiger partial charge in [-0.25, -0.2) is 0 Å². The zero-order valence-corrected chi connectivity index (χ0v) is 32.2. The third-order valence-corrected chi connectivity index (χ3v) is 15.4. The average Bonchev–Trinajstić information content (AvgIpc) is 3.86. The topological polar surface area (TPSA) is 257 Å². The largest absolute Gasteiger partial charge is 2.00 e. The van der Waals surface area contributed by atoms with Gasteiger partial charge < -0.3 is 39.6 Å². The monoisotopic (exact) mass is 836 g/mol. The normalized spacial score (nSPS) is 50.5. The average molecular weight is 837 g/mol. The first-order chi connectivity index (χ1) is 25.1. The Morgan fingerprint density at radius 2 is 0.500 bits per heavy atom. The number of fused-ring (bicyclic) bond motifs is 20. The second-order valence-electron chi connectivity index (χ2n) is 17.5. The molecule has 8 bridgehead atoms. The molecule has 9 rings (SSSR count). The minimum absolute atomic E-state index is 0. The summed E-state index contributed by atoms with van der Waals surface area (Å²) in [6, 6.07) is 0. The summed E-state index contributed by atoms with van der Waals surface area (Å²) in [5.41, 5.74) is 0. The van der Waals surface area contributed by atoms with E-state index >= 15 is 0 Å². The number of aliphatic carboxylic acids is 4. The van der Waals surface area contributed by atoms with Crippen molar-refractivity contribution in [2.75, 3.05) is 0 Å². The van der Waals surface area contributed by atoms with Gasteiger partial charge in [-0.3, -0.25) is 42.5 Å². The molecule has 4 saturated carbocycles. The molecule has 0 aromatic heterocycles. The van der Waals surface area contributed by atoms with Gasteiger partial charge in [0.05, 0.1) is 49.3 Å². The second kappa shape index (κ2) is 16.1. The Labute approximate surface area is 336 Å². The molecule has 9 fully saturated rings. The molecule has 16 nitrogen and oxygen atoms in total. The molecule has 9 aliphatic rings. The van der Waals surface area contributed by atoms with Crippen molar-refractivity contribution < 1.29 is 73.7 Å². The molecule has 0 aromatic carbocycles. The molecule has 0 amide bonds. The molecule has 0 spiro atoms. The van der Waals surface area contributed by atoms with Crippen LogP contribution in [-0.2, 0) is 53.3 Å². The van der Waals surface area contributed by atoms with Crippen LogP contribution >= 0.6 is 0 Å². The molecular formula is C36H52Fe2N8O8. The van der Waals surface area contributed by atoms with Gasteiger partial charge in [-0.2, -0.15) is 0 Å². The summed E-state index contributed by atoms with van der Waals surface area (Å²) in [6.07, 6.45) is 10.5. The van der Waals surface area contributed by atoms with Gasteiger partial charge in [-0.15, -0.1) is 0 Å². The summed E-state index contributed by atoms with van der Waals surface area (Å²) in [6.45, 7) is 0. The van der Waals surface area contributed by atoms with Crippen LogP contribution in [0.25, 0.3) is 0 Å². The Balaban J connectivity index is 0.00000225. The summed E-state index contributed by atoms with van der Waals surface area (Å²) >= 11 is 0. The summed E-state index contributed by atoms with van der Waals surface area (Å²) in [5.74, 6) is -16.1. The van der Waals surface area contributed by atoms with Crippen LogP contribution in [0.1, 0.15) is 77.0 Å². The van der Waals surface area contributed by atoms with Gasteiger partial charge in [0, 0.05) is 59.4 Å². The van der Waals surface area contributed by atoms with Gasteiger partial charge in [-0.1, -0.05) is 38.5 Å². The maximum atomic E-state index is 13.0. The van der Waals surface area contributed by atoms with E-state index in [1.807, 2.05) is 0 Å². The number of carbonyl (C=O) groups is 4. The molecule has 5 aliphatic heterocycles. The number of hydrogen-bond donors (Lipinski definition) is 8. The Bertz CT molecular complexity index is 1350. The van der Waals surface area contributed by atoms with Gasteiger partial charge in [0.15, 0.2) is 0 Å². The Kier molecular flexibility index (Phi) is 12.2. The smallest absolute Gasteiger partial charge is 0.550 e. The molecule has 4 aliphatic carbocycles. The molecule has 5 saturated heterocycles. The number of carboxylic acids is 4. The van der Waals surface area contributed by atoms with Crippen LogP contribution < -0.4 is 63.0 Å². The first kappa shape index (κ1) is 40.8. The Morgan fingerprint density at radius 3 is 0.704 bits per heavy atom. The van der Waals surface area contributed by atoms with Crippen LogP contribution in [0.3, 0.4) is 0 Å². The van der Waals surface area contributed by atoms with E-state index in [0.717, 1.165) is 64.2 Å². The van der Waals surface area contributed by atoms with E-state index in [1.54, 1.807) is 0 Å². The van der Waals surface area contributed by atoms with E-state index in [-0.39, 0.29) is 94.8 Å². The standard InChI is InChI=1S/C36H56N8O8.2Fe/c45-33(46)21-19-20(22(34(47)48)24(36(51)52)23(21)35(49)50)32-43-30-18-12-6-4-10-16(18)28(41-30)39-26-14-8-2-1-7-13(14)25(37-26)38-27-15-9-3-5-11-17(15)29(40-27)42-31(19)44-32;;/h13-32,37-44H,1-12H2,(H,45,46)(H,47,48)(H,49,50)(H,51,52);;/q;2*+2/p-4. The molecular weight excluding hydrogens is 784 g/mol. The minimum atomic E-state index is -2.20. The van der Waals surface area contributed by atoms with E-state index < -0.39 is 71.7 Å². The molecule has 0 aromatic rings. The van der Waals surface area contributed by atoms with Crippen molar-refractivity contribution in [2.24, 2.45) is 71.0 Å². The second-order valence-corrected chi connectivity index (χ2v) is 17.5. The number of carboxylic acid groups (broad SMARTS) is 4. The van der Waals surface area contributed by atoms with Gasteiger partial charge in [0.2, 0.25) is 0 Å². The summed E-state index contributed by atoms with van der Waals surface area (Å²) < 4.78 is 0. The number of hydrogen-bond acceptors (Lipinski definition) is 16. The van der Waals surface area contributed by atoms with Crippen LogP contribution in [0.4, 0.5) is 0 Å². The zero-order valence-electron chi connectivity index (χ0n) is 30.0. The molecule has 8 N–H and O–H groups in total. The van der Waals surface area contributed by atoms with Gasteiger partial charge in [0.25, 0.3) is 0 Å². The fourth-order valence-corrected chi connectivity index (χ4v) is 13.4. The Morgan fingerprint density at radius 1 is 0.315 bits per heavy atom. The Hall–Kier alpha value is -1.40. The minimum Gasteiger partial charge on any atom is -0.550 e. The van der Waals surface area contributed by atoms with Crippen molar-refractivity contribution in [2.45, 2.75) is 126 Å². The molecule has 20 unspecified atom stereocenters. The number of carbonyl (C=O) groups excluding carboxylic acids is 4. The third kappa shape index (κ3) is 6.77. The van der Waals surface area contributed by atoms with Crippen molar-refractivity contribution in [3.8, 4) is 0 Å². The summed E-state index contributed by atoms with van der Waals surface area (Å²) in [7, 11) is 0. The predicted molar refractivity (Wildman–Crippen MR) is 173 cm³/mol. The van der Waals surface area contributed by atoms with E-state index in [4.69, 9.17) is 0 Å². The zero-order chi connectivity index (χ0) is 36.0. The van der Waals surface area contributed by atoms with Crippen LogP contribution in [0.5, 0.6) is 0 Å². The van der Waals surface area contributed by atoms with Crippen LogP contribution in [0.15, 0.2) is 0 Å². The summed E-state index contributed by atoms with van der Waals surface area (Å²) in [4.78, 5) is 51.3. The van der Waals surface area contributed by atoms with E-state index in [9.17, 15) is 39.6 Å². The summed E-state index contributed by atoms with van der Waals surface area (Å²) in [5, 5.41) is 81.6. The van der Waals surface area contributed by atoms with Crippen LogP contribution in [-0.4, -0.2) is 73.2 Å². The van der Waals surface area contributed by atoms with Crippen molar-refractivity contribution in [1.29, 1.82) is 0 Å². The van der Waals surface area contributed by atoms with Crippen molar-refractivity contribution in [3.63, 3.8) is 0 Å². The van der Waals surface area contributed by atoms with E-state index in [2.05, 4.69) is 42.5 Å². The SMILES string of the molecule is O=C([O-])C1C(C(=O)[O-])C(C(=O)[O-])C2C3NC4NC(NC5NC(NC6NC(NC(N3)C2C1C(=O)[O-])C1CCCCC61)C1CCCCC51)C1CCCCC41.[Fe+2].[Fe+2]. The maximum absolute atomic E-state index is 13.0. The fraction of sp³-hybridized carbons (Fsp3) is 0.889. The predicted octanol–water partition coefficient (Wildman–Crippen LogP) is -5.50. The van der Waals surface area contributed by atoms with Crippen LogP contribution in [0.2, 0.25) is 0 Å². The molecule has 54 heavy (non-hydrogen) atoms. The van der Waals surface area contributed by atoms with Crippen molar-refractivity contribution >= 4 is 23.9 Å². The van der Waals surface area contributed by atoms with E-state index in [1.165, 1.54) is 12.8 Å². The van der Waals surface area contributed by atoms with Crippen molar-refractivity contribution in [1.82, 2.24) is 42.5 Å². The van der Waals surface area contributed by atoms with Gasteiger partial charge in [-0.05, 0) is 74.0 Å². The molecule has 5 heterocycles. The quantitative estimate of drug-likeness (QED) is 0.123. The van der Waals surface area contributed by atoms with Gasteiger partial charge >= 0.3 is 34.1 Å². The third-order valence-electron chi connectivity index (χ3n) is 15.4. The first-order valence-electron chi connectivity index (χ1n) is 20.0. The molecule has 300 valence electrons. The molecule has 18 heteroatoms. The number of nitrogens with one attached hydrogen (secondary N) is 8. The van der Waals surface area contributed by atoms with Crippen molar-refractivity contribution in [3.05, 3.63) is 0 Å². The van der Waals surface area contributed by atoms with E-state index in [0.29, 0.717) is 11.8 Å². The van der Waals surface area contributed by atoms with Crippen LogP contribution in [0, 0.1) is 71.0 Å². The number of rotatable bonds is 4. The molecule has 0 radical (unpaired) electrons. The van der Waals surface area contributed by atoms with Gasteiger partial charge in [0.1, 0.15) is 0 Å². The molecule has 20 atom stereocenters. The first-order valence-corrected chi connectivity index (χ1v) is 20.0. The fourth-order valence-electron chi connectivity index (χ4n) is 13.4.